The topological polar surface area (TPSA) is 60.4 Å². The molecule has 56 heavy (non-hydrogen) atoms. The first-order valence-electron chi connectivity index (χ1n) is 19.0. The molecule has 0 unspecified atom stereocenters. The van der Waals surface area contributed by atoms with E-state index in [0.29, 0.717) is 0 Å². The lowest BCUT2D eigenvalue weighted by molar-refractivity contribution is 1.23. The van der Waals surface area contributed by atoms with Crippen molar-refractivity contribution < 1.29 is 0 Å². The average molecular weight is 717 g/mol. The second-order valence-corrected chi connectivity index (χ2v) is 14.9. The van der Waals surface area contributed by atoms with Crippen LogP contribution in [0, 0.1) is 13.8 Å². The van der Waals surface area contributed by atoms with Crippen molar-refractivity contribution in [1.82, 2.24) is 28.7 Å². The summed E-state index contributed by atoms with van der Waals surface area (Å²) < 4.78 is 4.45. The van der Waals surface area contributed by atoms with Crippen LogP contribution in [0.5, 0.6) is 0 Å². The maximum absolute atomic E-state index is 5.05. The first-order valence-corrected chi connectivity index (χ1v) is 19.0. The summed E-state index contributed by atoms with van der Waals surface area (Å²) in [6, 6.07) is 52.4. The van der Waals surface area contributed by atoms with Gasteiger partial charge >= 0.3 is 0 Å². The lowest BCUT2D eigenvalue weighted by atomic mass is 9.95. The van der Waals surface area contributed by atoms with Gasteiger partial charge < -0.3 is 0 Å². The van der Waals surface area contributed by atoms with Crippen LogP contribution in [-0.4, -0.2) is 28.7 Å². The zero-order valence-electron chi connectivity index (χ0n) is 30.7. The van der Waals surface area contributed by atoms with Crippen LogP contribution in [0.15, 0.2) is 158 Å². The van der Waals surface area contributed by atoms with Crippen molar-refractivity contribution in [1.29, 1.82) is 0 Å². The zero-order valence-corrected chi connectivity index (χ0v) is 30.7. The smallest absolute Gasteiger partial charge is 0.164 e. The van der Waals surface area contributed by atoms with Crippen molar-refractivity contribution in [2.45, 2.75) is 13.8 Å². The third-order valence-corrected chi connectivity index (χ3v) is 11.6. The van der Waals surface area contributed by atoms with E-state index in [9.17, 15) is 0 Å². The Hall–Kier alpha value is -7.44. The van der Waals surface area contributed by atoms with E-state index in [1.165, 1.54) is 66.1 Å². The third kappa shape index (κ3) is 4.38. The number of rotatable bonds is 3. The number of aromatic nitrogens is 6. The molecule has 0 radical (unpaired) electrons. The van der Waals surface area contributed by atoms with Crippen LogP contribution in [0.1, 0.15) is 11.1 Å². The summed E-state index contributed by atoms with van der Waals surface area (Å²) in [5.74, 6) is 0. The fourth-order valence-electron chi connectivity index (χ4n) is 8.95. The standard InChI is InChI=1S/C50H32N6/c1-29-7-3-9-37-41-27-35(21-23-39(41)47-53-43-11-5-25-51-49(43)55(47)45(29)37)33-17-13-31(14-18-33)32-15-19-34(20-16-32)36-22-24-40-42(28-36)38-10-4-8-30(2)46(38)56-48(40)54-44-12-6-26-52-50(44)56/h3-28H,1-2H3. The van der Waals surface area contributed by atoms with E-state index in [1.807, 2.05) is 36.7 Å². The normalized spacial score (nSPS) is 12.1. The molecule has 0 aliphatic carbocycles. The molecular weight excluding hydrogens is 685 g/mol. The first kappa shape index (κ1) is 31.0. The molecule has 6 aromatic heterocycles. The van der Waals surface area contributed by atoms with E-state index >= 15 is 0 Å². The van der Waals surface area contributed by atoms with Gasteiger partial charge in [-0.3, -0.25) is 8.80 Å². The van der Waals surface area contributed by atoms with E-state index in [1.54, 1.807) is 0 Å². The number of aryl methyl sites for hydroxylation is 2. The van der Waals surface area contributed by atoms with Crippen LogP contribution in [0.3, 0.4) is 0 Å². The molecule has 0 saturated heterocycles. The number of nitrogens with zero attached hydrogens (tertiary/aromatic N) is 6. The molecule has 6 aromatic carbocycles. The van der Waals surface area contributed by atoms with Crippen molar-refractivity contribution in [3.8, 4) is 33.4 Å². The Bertz CT molecular complexity index is 3350. The molecule has 0 fully saturated rings. The Kier molecular flexibility index (Phi) is 6.38. The van der Waals surface area contributed by atoms with E-state index < -0.39 is 0 Å². The van der Waals surface area contributed by atoms with Gasteiger partial charge in [-0.05, 0) is 118 Å². The molecule has 0 spiro atoms. The molecular formula is C50H32N6. The van der Waals surface area contributed by atoms with Crippen LogP contribution < -0.4 is 0 Å². The van der Waals surface area contributed by atoms with E-state index in [4.69, 9.17) is 19.9 Å². The summed E-state index contributed by atoms with van der Waals surface area (Å²) >= 11 is 0. The van der Waals surface area contributed by atoms with Crippen molar-refractivity contribution >= 4 is 77.0 Å². The van der Waals surface area contributed by atoms with Gasteiger partial charge in [-0.2, -0.15) is 0 Å². The highest BCUT2D eigenvalue weighted by Gasteiger charge is 2.18. The Morgan fingerprint density at radius 2 is 0.732 bits per heavy atom. The van der Waals surface area contributed by atoms with Crippen molar-refractivity contribution in [2.24, 2.45) is 0 Å². The maximum atomic E-state index is 5.05. The largest absolute Gasteiger partial charge is 0.276 e. The summed E-state index contributed by atoms with van der Waals surface area (Å²) in [7, 11) is 0. The Morgan fingerprint density at radius 3 is 1.16 bits per heavy atom. The van der Waals surface area contributed by atoms with Gasteiger partial charge in [0.05, 0.1) is 11.0 Å². The molecule has 6 nitrogen and oxygen atoms in total. The molecule has 6 heteroatoms. The molecule has 12 rings (SSSR count). The van der Waals surface area contributed by atoms with Gasteiger partial charge in [0, 0.05) is 33.9 Å². The summed E-state index contributed by atoms with van der Waals surface area (Å²) in [5, 5.41) is 7.03. The Morgan fingerprint density at radius 1 is 0.339 bits per heavy atom. The molecule has 0 bridgehead atoms. The molecule has 0 N–H and O–H groups in total. The second kappa shape index (κ2) is 11.5. The highest BCUT2D eigenvalue weighted by molar-refractivity contribution is 6.16. The van der Waals surface area contributed by atoms with Gasteiger partial charge in [0.15, 0.2) is 11.3 Å². The molecule has 262 valence electrons. The van der Waals surface area contributed by atoms with Crippen LogP contribution in [0.25, 0.3) is 110 Å². The molecule has 0 aliphatic heterocycles. The fraction of sp³-hybridized carbons (Fsp3) is 0.0400. The predicted molar refractivity (Wildman–Crippen MR) is 230 cm³/mol. The minimum absolute atomic E-state index is 0.889. The highest BCUT2D eigenvalue weighted by Crippen LogP contribution is 2.38. The van der Waals surface area contributed by atoms with Crippen molar-refractivity contribution in [2.75, 3.05) is 0 Å². The lowest BCUT2D eigenvalue weighted by Gasteiger charge is -2.13. The zero-order chi connectivity index (χ0) is 37.1. The van der Waals surface area contributed by atoms with Crippen LogP contribution in [-0.2, 0) is 0 Å². The van der Waals surface area contributed by atoms with Crippen LogP contribution in [0.2, 0.25) is 0 Å². The van der Waals surface area contributed by atoms with Crippen LogP contribution >= 0.6 is 0 Å². The van der Waals surface area contributed by atoms with Gasteiger partial charge in [-0.15, -0.1) is 0 Å². The molecule has 0 saturated carbocycles. The minimum atomic E-state index is 0.889. The SMILES string of the molecule is Cc1cccc2c3cc(-c4ccc(-c5ccc(-c6ccc7c(c6)c6cccc(C)c6n6c8ncccc8nc76)cc5)cc4)ccc3c3nc4cccnc4n3c12. The van der Waals surface area contributed by atoms with Gasteiger partial charge in [0.25, 0.3) is 0 Å². The number of pyridine rings is 4. The number of para-hydroxylation sites is 2. The summed E-state index contributed by atoms with van der Waals surface area (Å²) in [4.78, 5) is 19.5. The predicted octanol–water partition coefficient (Wildman–Crippen LogP) is 12.3. The number of benzene rings is 6. The van der Waals surface area contributed by atoms with Crippen molar-refractivity contribution in [3.05, 3.63) is 169 Å². The Labute approximate surface area is 321 Å². The minimum Gasteiger partial charge on any atom is -0.276 e. The number of imidazole rings is 2. The Balaban J connectivity index is 0.908. The lowest BCUT2D eigenvalue weighted by Crippen LogP contribution is -1.95. The molecule has 0 aliphatic rings. The summed E-state index contributed by atoms with van der Waals surface area (Å²) in [5.41, 5.74) is 17.3. The molecule has 0 amide bonds. The van der Waals surface area contributed by atoms with Gasteiger partial charge in [0.1, 0.15) is 22.3 Å². The quantitative estimate of drug-likeness (QED) is 0.171. The van der Waals surface area contributed by atoms with Gasteiger partial charge in [-0.1, -0.05) is 97.1 Å². The van der Waals surface area contributed by atoms with E-state index in [2.05, 4.69) is 144 Å². The first-order chi connectivity index (χ1) is 27.6. The molecule has 6 heterocycles. The van der Waals surface area contributed by atoms with Crippen molar-refractivity contribution in [3.63, 3.8) is 0 Å². The summed E-state index contributed by atoms with van der Waals surface area (Å²) in [6.45, 7) is 4.33. The number of fused-ring (bicyclic) bond motifs is 16. The van der Waals surface area contributed by atoms with Gasteiger partial charge in [0.2, 0.25) is 0 Å². The average Bonchev–Trinajstić information content (AvgIpc) is 3.83. The van der Waals surface area contributed by atoms with E-state index in [-0.39, 0.29) is 0 Å². The maximum Gasteiger partial charge on any atom is 0.164 e. The molecule has 12 aromatic rings. The van der Waals surface area contributed by atoms with Crippen LogP contribution in [0.4, 0.5) is 0 Å². The summed E-state index contributed by atoms with van der Waals surface area (Å²) in [6.07, 6.45) is 3.69. The monoisotopic (exact) mass is 716 g/mol. The molecule has 0 atom stereocenters. The second-order valence-electron chi connectivity index (χ2n) is 14.9. The fourth-order valence-corrected chi connectivity index (χ4v) is 8.95. The van der Waals surface area contributed by atoms with Gasteiger partial charge in [-0.25, -0.2) is 19.9 Å². The highest BCUT2D eigenvalue weighted by atomic mass is 15.1. The third-order valence-electron chi connectivity index (χ3n) is 11.6. The number of hydrogen-bond acceptors (Lipinski definition) is 4. The number of hydrogen-bond donors (Lipinski definition) is 0. The van der Waals surface area contributed by atoms with E-state index in [0.717, 1.165) is 55.4 Å².